The number of piperidine rings is 1. The fraction of sp³-hybridized carbons (Fsp3) is 0.314. The Morgan fingerprint density at radius 2 is 1.59 bits per heavy atom. The van der Waals surface area contributed by atoms with E-state index in [0.717, 1.165) is 48.5 Å². The van der Waals surface area contributed by atoms with Crippen molar-refractivity contribution < 1.29 is 4.79 Å². The van der Waals surface area contributed by atoms with Gasteiger partial charge in [-0.1, -0.05) is 54.1 Å². The summed E-state index contributed by atoms with van der Waals surface area (Å²) in [5.41, 5.74) is 13.3. The van der Waals surface area contributed by atoms with Gasteiger partial charge in [0.25, 0.3) is 0 Å². The largest absolute Gasteiger partial charge is 0.360 e. The molecule has 39 heavy (non-hydrogen) atoms. The quantitative estimate of drug-likeness (QED) is 0.452. The minimum Gasteiger partial charge on any atom is -0.360 e. The van der Waals surface area contributed by atoms with Crippen LogP contribution < -0.4 is 5.32 Å². The summed E-state index contributed by atoms with van der Waals surface area (Å²) in [6.07, 6.45) is 12.3. The minimum absolute atomic E-state index is 0.0183. The highest BCUT2D eigenvalue weighted by atomic mass is 16.1. The molecule has 1 atom stereocenters. The zero-order valence-corrected chi connectivity index (χ0v) is 23.5. The van der Waals surface area contributed by atoms with Crippen molar-refractivity contribution in [1.29, 1.82) is 5.26 Å². The number of nitriles is 1. The van der Waals surface area contributed by atoms with E-state index in [9.17, 15) is 10.1 Å². The molecular weight excluding hydrogens is 478 g/mol. The molecule has 0 bridgehead atoms. The standard InChI is InChI=1S/C35H35N3O/c1-20-17-22(3)29-21(2)13-14-25(24(5)30(29)23(4)18-20)33-32-31(26-11-7-8-12-27(26)34(32)39)28(19-36)35(37-33)38-15-9-6-10-16-38/h7-8,11-14,17-18,33,37H,6,9-10,15-16H2,1-5H3. The zero-order chi connectivity index (χ0) is 27.4. The Kier molecular flexibility index (Phi) is 6.19. The third-order valence-corrected chi connectivity index (χ3v) is 8.75. The van der Waals surface area contributed by atoms with E-state index in [-0.39, 0.29) is 11.8 Å². The highest BCUT2D eigenvalue weighted by molar-refractivity contribution is 6.24. The second kappa shape index (κ2) is 9.58. The van der Waals surface area contributed by atoms with Crippen LogP contribution in [-0.4, -0.2) is 29.8 Å². The number of rotatable bonds is 2. The molecule has 0 spiro atoms. The van der Waals surface area contributed by atoms with E-state index in [1.54, 1.807) is 0 Å². The molecule has 1 saturated heterocycles. The van der Waals surface area contributed by atoms with E-state index in [0.29, 0.717) is 16.7 Å². The van der Waals surface area contributed by atoms with Gasteiger partial charge in [-0.3, -0.25) is 4.79 Å². The van der Waals surface area contributed by atoms with Gasteiger partial charge < -0.3 is 10.2 Å². The lowest BCUT2D eigenvalue weighted by Gasteiger charge is -2.38. The number of nitrogens with zero attached hydrogens (tertiary/aromatic N) is 2. The topological polar surface area (TPSA) is 56.1 Å². The summed E-state index contributed by atoms with van der Waals surface area (Å²) in [6.45, 7) is 12.7. The number of Topliss-reactive ketones (excluding diaryl/α,β-unsaturated/α-hetero) is 1. The van der Waals surface area contributed by atoms with Crippen molar-refractivity contribution in [2.45, 2.75) is 59.9 Å². The summed E-state index contributed by atoms with van der Waals surface area (Å²) in [5.74, 6) is 0.886. The number of likely N-dealkylation sites (tertiary alicyclic amines) is 1. The number of carbonyl (C=O) groups is 1. The number of ketones is 1. The highest BCUT2D eigenvalue weighted by Crippen LogP contribution is 2.47. The van der Waals surface area contributed by atoms with Crippen LogP contribution in [0.25, 0.3) is 5.57 Å². The molecule has 6 rings (SSSR count). The van der Waals surface area contributed by atoms with E-state index >= 15 is 0 Å². The molecule has 0 aromatic heterocycles. The van der Waals surface area contributed by atoms with Gasteiger partial charge in [-0.05, 0) is 98.5 Å². The van der Waals surface area contributed by atoms with Gasteiger partial charge >= 0.3 is 0 Å². The van der Waals surface area contributed by atoms with Crippen LogP contribution in [0.2, 0.25) is 0 Å². The van der Waals surface area contributed by atoms with Crippen LogP contribution in [0.5, 0.6) is 0 Å². The van der Waals surface area contributed by atoms with Crippen molar-refractivity contribution in [1.82, 2.24) is 10.2 Å². The predicted molar refractivity (Wildman–Crippen MR) is 157 cm³/mol. The Morgan fingerprint density at radius 1 is 0.872 bits per heavy atom. The normalized spacial score (nSPS) is 23.1. The molecule has 1 unspecified atom stereocenters. The molecule has 3 aliphatic carbocycles. The minimum atomic E-state index is -0.352. The first-order valence-electron chi connectivity index (χ1n) is 14.0. The third-order valence-electron chi connectivity index (χ3n) is 8.75. The van der Waals surface area contributed by atoms with Crippen LogP contribution in [0.15, 0.2) is 110 Å². The monoisotopic (exact) mass is 513 g/mol. The molecule has 4 heteroatoms. The lowest BCUT2D eigenvalue weighted by molar-refractivity contribution is 0.103. The van der Waals surface area contributed by atoms with Crippen LogP contribution in [0.4, 0.5) is 0 Å². The summed E-state index contributed by atoms with van der Waals surface area (Å²) < 4.78 is 0. The lowest BCUT2D eigenvalue weighted by Crippen LogP contribution is -2.45. The summed E-state index contributed by atoms with van der Waals surface area (Å²) in [7, 11) is 0. The summed E-state index contributed by atoms with van der Waals surface area (Å²) >= 11 is 0. The van der Waals surface area contributed by atoms with E-state index in [4.69, 9.17) is 0 Å². The first-order chi connectivity index (χ1) is 18.8. The highest BCUT2D eigenvalue weighted by Gasteiger charge is 2.43. The maximum Gasteiger partial charge on any atom is 0.192 e. The number of fused-ring (bicyclic) bond motifs is 3. The SMILES string of the molecule is CC1=CC(C)=C2C(C)=C(C3NC(N4CCCCC4)=C(C#N)C4=C3C(=O)c3ccccc34)C=CC(C)=C2C(C)=C1. The lowest BCUT2D eigenvalue weighted by atomic mass is 9.82. The Hall–Kier alpha value is -4.10. The van der Waals surface area contributed by atoms with Crippen molar-refractivity contribution >= 4 is 11.4 Å². The zero-order valence-electron chi connectivity index (χ0n) is 23.5. The molecular formula is C35H35N3O. The molecule has 0 saturated carbocycles. The second-order valence-electron chi connectivity index (χ2n) is 11.4. The molecule has 4 nitrogen and oxygen atoms in total. The van der Waals surface area contributed by atoms with Gasteiger partial charge in [0.05, 0.1) is 6.04 Å². The summed E-state index contributed by atoms with van der Waals surface area (Å²) in [5, 5.41) is 14.3. The molecule has 1 fully saturated rings. The number of hydrogen-bond acceptors (Lipinski definition) is 4. The molecule has 0 radical (unpaired) electrons. The van der Waals surface area contributed by atoms with Gasteiger partial charge in [0.1, 0.15) is 17.5 Å². The van der Waals surface area contributed by atoms with Gasteiger partial charge in [0.2, 0.25) is 0 Å². The van der Waals surface area contributed by atoms with Gasteiger partial charge in [0.15, 0.2) is 5.78 Å². The maximum atomic E-state index is 14.1. The Bertz CT molecular complexity index is 1620. The first-order valence-corrected chi connectivity index (χ1v) is 14.0. The van der Waals surface area contributed by atoms with Crippen molar-refractivity contribution in [3.8, 4) is 6.07 Å². The van der Waals surface area contributed by atoms with Gasteiger partial charge in [-0.2, -0.15) is 5.26 Å². The summed E-state index contributed by atoms with van der Waals surface area (Å²) in [6, 6.07) is 9.93. The molecule has 2 aliphatic heterocycles. The van der Waals surface area contributed by atoms with E-state index in [1.165, 1.54) is 45.4 Å². The van der Waals surface area contributed by atoms with Gasteiger partial charge in [0, 0.05) is 29.8 Å². The van der Waals surface area contributed by atoms with Crippen molar-refractivity contribution in [3.63, 3.8) is 0 Å². The number of nitrogens with one attached hydrogen (secondary N) is 1. The number of hydrogen-bond donors (Lipinski definition) is 1. The number of dihydropyridines is 1. The van der Waals surface area contributed by atoms with Crippen LogP contribution in [0, 0.1) is 11.3 Å². The Balaban J connectivity index is 1.60. The van der Waals surface area contributed by atoms with Crippen LogP contribution in [-0.2, 0) is 0 Å². The van der Waals surface area contributed by atoms with E-state index in [2.05, 4.69) is 75.2 Å². The summed E-state index contributed by atoms with van der Waals surface area (Å²) in [4.78, 5) is 16.4. The first kappa shape index (κ1) is 25.2. The van der Waals surface area contributed by atoms with Crippen molar-refractivity contribution in [2.75, 3.05) is 13.1 Å². The molecule has 0 amide bonds. The van der Waals surface area contributed by atoms with E-state index in [1.807, 2.05) is 24.3 Å². The third kappa shape index (κ3) is 3.91. The Labute approximate surface area is 231 Å². The maximum absolute atomic E-state index is 14.1. The second-order valence-corrected chi connectivity index (χ2v) is 11.4. The fourth-order valence-electron chi connectivity index (χ4n) is 7.09. The smallest absolute Gasteiger partial charge is 0.192 e. The van der Waals surface area contributed by atoms with Gasteiger partial charge in [-0.25, -0.2) is 0 Å². The molecule has 1 aromatic rings. The van der Waals surface area contributed by atoms with Crippen molar-refractivity contribution in [3.05, 3.63) is 121 Å². The Morgan fingerprint density at radius 3 is 2.31 bits per heavy atom. The average molecular weight is 514 g/mol. The van der Waals surface area contributed by atoms with Crippen molar-refractivity contribution in [2.24, 2.45) is 0 Å². The molecule has 1 aromatic carbocycles. The van der Waals surface area contributed by atoms with E-state index < -0.39 is 0 Å². The number of allylic oxidation sites excluding steroid dienone is 12. The fourth-order valence-corrected chi connectivity index (χ4v) is 7.09. The van der Waals surface area contributed by atoms with Crippen LogP contribution in [0.3, 0.4) is 0 Å². The predicted octanol–water partition coefficient (Wildman–Crippen LogP) is 7.25. The van der Waals surface area contributed by atoms with Gasteiger partial charge in [-0.15, -0.1) is 0 Å². The molecule has 196 valence electrons. The number of carbonyl (C=O) groups excluding carboxylic acids is 1. The molecule has 2 heterocycles. The van der Waals surface area contributed by atoms with Crippen LogP contribution >= 0.6 is 0 Å². The van der Waals surface area contributed by atoms with Crippen LogP contribution in [0.1, 0.15) is 69.8 Å². The molecule has 5 aliphatic rings. The molecule has 1 N–H and O–H groups in total. The number of benzene rings is 1. The average Bonchev–Trinajstić information content (AvgIpc) is 3.07.